The molecule has 14 heavy (non-hydrogen) atoms. The van der Waals surface area contributed by atoms with Gasteiger partial charge in [-0.1, -0.05) is 11.6 Å². The van der Waals surface area contributed by atoms with Crippen molar-refractivity contribution in [3.63, 3.8) is 0 Å². The van der Waals surface area contributed by atoms with Gasteiger partial charge in [0.2, 0.25) is 0 Å². The Morgan fingerprint density at radius 3 is 2.86 bits per heavy atom. The number of hydrogen-bond donors (Lipinski definition) is 1. The monoisotopic (exact) mass is 231 g/mol. The fraction of sp³-hybridized carbons (Fsp3) is 0.400. The van der Waals surface area contributed by atoms with E-state index in [1.54, 1.807) is 11.8 Å². The molecule has 0 aromatic heterocycles. The van der Waals surface area contributed by atoms with Gasteiger partial charge in [-0.3, -0.25) is 5.32 Å². The molecule has 2 unspecified atom stereocenters. The van der Waals surface area contributed by atoms with Gasteiger partial charge >= 0.3 is 0 Å². The predicted octanol–water partition coefficient (Wildman–Crippen LogP) is 3.20. The molecule has 1 aromatic carbocycles. The molecular formula is C10H11ClFNS. The number of halogens is 2. The molecule has 2 rings (SSSR count). The van der Waals surface area contributed by atoms with E-state index in [0.717, 1.165) is 11.3 Å². The summed E-state index contributed by atoms with van der Waals surface area (Å²) in [5.74, 6) is 0.785. The number of rotatable bonds is 1. The summed E-state index contributed by atoms with van der Waals surface area (Å²) in [7, 11) is 0. The summed E-state index contributed by atoms with van der Waals surface area (Å²) >= 11 is 7.57. The minimum Gasteiger partial charge on any atom is -0.298 e. The van der Waals surface area contributed by atoms with E-state index in [4.69, 9.17) is 11.6 Å². The zero-order valence-electron chi connectivity index (χ0n) is 7.76. The molecule has 0 amide bonds. The molecule has 0 aliphatic carbocycles. The maximum Gasteiger partial charge on any atom is 0.125 e. The van der Waals surface area contributed by atoms with Crippen LogP contribution in [0.15, 0.2) is 18.2 Å². The van der Waals surface area contributed by atoms with E-state index >= 15 is 0 Å². The summed E-state index contributed by atoms with van der Waals surface area (Å²) in [4.78, 5) is 0. The number of nitrogens with one attached hydrogen (secondary N) is 1. The van der Waals surface area contributed by atoms with Crippen molar-refractivity contribution >= 4 is 23.4 Å². The average molecular weight is 232 g/mol. The van der Waals surface area contributed by atoms with E-state index in [-0.39, 0.29) is 11.2 Å². The summed E-state index contributed by atoms with van der Waals surface area (Å²) in [5, 5.41) is 4.00. The number of thioether (sulfide) groups is 1. The third-order valence-electron chi connectivity index (χ3n) is 2.14. The van der Waals surface area contributed by atoms with Gasteiger partial charge in [0.25, 0.3) is 0 Å². The maximum absolute atomic E-state index is 13.1. The van der Waals surface area contributed by atoms with Crippen LogP contribution in [0.4, 0.5) is 4.39 Å². The van der Waals surface area contributed by atoms with Gasteiger partial charge < -0.3 is 0 Å². The normalized spacial score (nSPS) is 26.8. The van der Waals surface area contributed by atoms with Gasteiger partial charge in [0.15, 0.2) is 0 Å². The van der Waals surface area contributed by atoms with Crippen LogP contribution in [0.5, 0.6) is 0 Å². The third-order valence-corrected chi connectivity index (χ3v) is 3.79. The molecule has 0 bridgehead atoms. The first-order valence-corrected chi connectivity index (χ1v) is 5.91. The lowest BCUT2D eigenvalue weighted by Gasteiger charge is -2.11. The molecule has 0 saturated carbocycles. The molecule has 4 heteroatoms. The van der Waals surface area contributed by atoms with Crippen molar-refractivity contribution in [1.82, 2.24) is 5.32 Å². The van der Waals surface area contributed by atoms with Crippen molar-refractivity contribution in [3.05, 3.63) is 34.6 Å². The lowest BCUT2D eigenvalue weighted by atomic mass is 10.2. The summed E-state index contributed by atoms with van der Waals surface area (Å²) in [6, 6.07) is 5.16. The molecule has 1 heterocycles. The van der Waals surface area contributed by atoms with E-state index in [0.29, 0.717) is 11.1 Å². The highest BCUT2D eigenvalue weighted by Gasteiger charge is 2.22. The average Bonchev–Trinajstić information content (AvgIpc) is 2.50. The van der Waals surface area contributed by atoms with Crippen LogP contribution >= 0.6 is 23.4 Å². The highest BCUT2D eigenvalue weighted by molar-refractivity contribution is 7.99. The predicted molar refractivity (Wildman–Crippen MR) is 59.2 cm³/mol. The lowest BCUT2D eigenvalue weighted by Crippen LogP contribution is -2.21. The Morgan fingerprint density at radius 2 is 2.29 bits per heavy atom. The molecule has 1 fully saturated rings. The first-order valence-electron chi connectivity index (χ1n) is 4.49. The topological polar surface area (TPSA) is 12.0 Å². The quantitative estimate of drug-likeness (QED) is 0.797. The molecule has 1 saturated heterocycles. The Balaban J connectivity index is 2.23. The van der Waals surface area contributed by atoms with Gasteiger partial charge in [-0.25, -0.2) is 4.39 Å². The summed E-state index contributed by atoms with van der Waals surface area (Å²) in [6.45, 7) is 2.12. The van der Waals surface area contributed by atoms with Crippen molar-refractivity contribution in [1.29, 1.82) is 0 Å². The van der Waals surface area contributed by atoms with Gasteiger partial charge in [-0.05, 0) is 30.7 Å². The molecule has 0 radical (unpaired) electrons. The van der Waals surface area contributed by atoms with Crippen LogP contribution in [0.25, 0.3) is 0 Å². The Hall–Kier alpha value is -0.250. The highest BCUT2D eigenvalue weighted by atomic mass is 35.5. The molecular weight excluding hydrogens is 221 g/mol. The van der Waals surface area contributed by atoms with Crippen LogP contribution in [-0.2, 0) is 0 Å². The molecule has 76 valence electrons. The molecule has 1 aromatic rings. The van der Waals surface area contributed by atoms with Gasteiger partial charge in [-0.2, -0.15) is 0 Å². The molecule has 1 aliphatic heterocycles. The second-order valence-corrected chi connectivity index (χ2v) is 5.06. The molecule has 2 atom stereocenters. The lowest BCUT2D eigenvalue weighted by molar-refractivity contribution is 0.603. The Kier molecular flexibility index (Phi) is 3.00. The highest BCUT2D eigenvalue weighted by Crippen LogP contribution is 2.33. The largest absolute Gasteiger partial charge is 0.298 e. The van der Waals surface area contributed by atoms with Crippen molar-refractivity contribution in [2.45, 2.75) is 18.3 Å². The van der Waals surface area contributed by atoms with Crippen molar-refractivity contribution in [2.24, 2.45) is 0 Å². The SMILES string of the molecule is CC1CSC(c2cc(F)cc(Cl)c2)N1. The second kappa shape index (κ2) is 4.09. The maximum atomic E-state index is 13.1. The van der Waals surface area contributed by atoms with Crippen molar-refractivity contribution in [2.75, 3.05) is 5.75 Å². The number of hydrogen-bond acceptors (Lipinski definition) is 2. The van der Waals surface area contributed by atoms with Gasteiger partial charge in [0.05, 0.1) is 5.37 Å². The van der Waals surface area contributed by atoms with E-state index < -0.39 is 0 Å². The number of benzene rings is 1. The van der Waals surface area contributed by atoms with E-state index in [9.17, 15) is 4.39 Å². The Morgan fingerprint density at radius 1 is 1.50 bits per heavy atom. The molecule has 1 nitrogen and oxygen atoms in total. The van der Waals surface area contributed by atoms with Crippen LogP contribution in [0, 0.1) is 5.82 Å². The Labute approximate surface area is 92.0 Å². The zero-order valence-corrected chi connectivity index (χ0v) is 9.33. The first-order chi connectivity index (χ1) is 6.65. The molecule has 1 N–H and O–H groups in total. The smallest absolute Gasteiger partial charge is 0.125 e. The van der Waals surface area contributed by atoms with Gasteiger partial charge in [0, 0.05) is 16.8 Å². The standard InChI is InChI=1S/C10H11ClFNS/c1-6-5-14-10(13-6)7-2-8(11)4-9(12)3-7/h2-4,6,10,13H,5H2,1H3. The van der Waals surface area contributed by atoms with Crippen LogP contribution in [0.2, 0.25) is 5.02 Å². The summed E-state index contributed by atoms with van der Waals surface area (Å²) in [6.07, 6.45) is 0. The van der Waals surface area contributed by atoms with E-state index in [1.165, 1.54) is 12.1 Å². The first kappa shape index (κ1) is 10.3. The van der Waals surface area contributed by atoms with Gasteiger partial charge in [0.1, 0.15) is 5.82 Å². The minimum absolute atomic E-state index is 0.179. The zero-order chi connectivity index (χ0) is 10.1. The third kappa shape index (κ3) is 2.22. The van der Waals surface area contributed by atoms with Gasteiger partial charge in [-0.15, -0.1) is 11.8 Å². The van der Waals surface area contributed by atoms with Crippen LogP contribution in [0.3, 0.4) is 0 Å². The van der Waals surface area contributed by atoms with Crippen molar-refractivity contribution < 1.29 is 4.39 Å². The minimum atomic E-state index is -0.269. The summed E-state index contributed by atoms with van der Waals surface area (Å²) in [5.41, 5.74) is 0.921. The fourth-order valence-electron chi connectivity index (χ4n) is 1.51. The second-order valence-electron chi connectivity index (χ2n) is 3.48. The van der Waals surface area contributed by atoms with E-state index in [1.807, 2.05) is 6.07 Å². The molecule has 1 aliphatic rings. The van der Waals surface area contributed by atoms with Crippen LogP contribution < -0.4 is 5.32 Å². The fourth-order valence-corrected chi connectivity index (χ4v) is 2.98. The van der Waals surface area contributed by atoms with E-state index in [2.05, 4.69) is 12.2 Å². The molecule has 0 spiro atoms. The van der Waals surface area contributed by atoms with Crippen LogP contribution in [-0.4, -0.2) is 11.8 Å². The summed E-state index contributed by atoms with van der Waals surface area (Å²) < 4.78 is 13.1. The van der Waals surface area contributed by atoms with Crippen molar-refractivity contribution in [3.8, 4) is 0 Å². The van der Waals surface area contributed by atoms with Crippen LogP contribution in [0.1, 0.15) is 17.9 Å². The Bertz CT molecular complexity index is 325.